The van der Waals surface area contributed by atoms with Gasteiger partial charge in [0.05, 0.1) is 6.10 Å². The molecule has 4 rings (SSSR count). The summed E-state index contributed by atoms with van der Waals surface area (Å²) in [4.78, 5) is 40.6. The van der Waals surface area contributed by atoms with Crippen molar-refractivity contribution in [2.75, 3.05) is 13.2 Å². The fourth-order valence-electron chi connectivity index (χ4n) is 4.59. The van der Waals surface area contributed by atoms with E-state index in [4.69, 9.17) is 4.74 Å². The zero-order valence-electron chi connectivity index (χ0n) is 18.5. The zero-order chi connectivity index (χ0) is 21.3. The molecule has 2 amide bonds. The fraction of sp³-hybridized carbons (Fsp3) is 0.458. The molecule has 0 saturated carbocycles. The summed E-state index contributed by atoms with van der Waals surface area (Å²) in [6.45, 7) is 4.63. The first-order chi connectivity index (χ1) is 14.5. The van der Waals surface area contributed by atoms with Crippen molar-refractivity contribution in [3.63, 3.8) is 0 Å². The van der Waals surface area contributed by atoms with E-state index in [1.165, 1.54) is 0 Å². The molecule has 0 unspecified atom stereocenters. The highest BCUT2D eigenvalue weighted by Gasteiger charge is 2.45. The lowest BCUT2D eigenvalue weighted by molar-refractivity contribution is -0.142. The van der Waals surface area contributed by atoms with E-state index in [-0.39, 0.29) is 63.2 Å². The van der Waals surface area contributed by atoms with Gasteiger partial charge in [-0.3, -0.25) is 14.4 Å². The van der Waals surface area contributed by atoms with Crippen LogP contribution in [-0.4, -0.2) is 53.8 Å². The molecule has 2 fully saturated rings. The number of piperidine rings is 1. The minimum atomic E-state index is -0.677. The van der Waals surface area contributed by atoms with Crippen LogP contribution in [0.5, 0.6) is 0 Å². The van der Waals surface area contributed by atoms with Gasteiger partial charge in [0, 0.05) is 12.1 Å². The van der Waals surface area contributed by atoms with E-state index >= 15 is 0 Å². The predicted molar refractivity (Wildman–Crippen MR) is 135 cm³/mol. The molecule has 0 aromatic heterocycles. The minimum Gasteiger partial charge on any atom is -0.368 e. The third-order valence-corrected chi connectivity index (χ3v) is 5.97. The van der Waals surface area contributed by atoms with Gasteiger partial charge in [-0.2, -0.15) is 27.0 Å². The summed E-state index contributed by atoms with van der Waals surface area (Å²) in [7, 11) is 0. The molecule has 0 aliphatic carbocycles. The molecule has 2 aromatic rings. The maximum Gasteiger partial charge on any atom is 0.252 e. The number of carbonyl (C=O) groups excluding carboxylic acids is 3. The van der Waals surface area contributed by atoms with Crippen LogP contribution in [0.4, 0.5) is 0 Å². The number of hydrogen-bond donors (Lipinski definition) is 1. The van der Waals surface area contributed by atoms with Crippen LogP contribution in [0, 0.1) is 5.92 Å². The highest BCUT2D eigenvalue weighted by Crippen LogP contribution is 2.27. The third-order valence-electron chi connectivity index (χ3n) is 5.97. The van der Waals surface area contributed by atoms with Crippen molar-refractivity contribution in [2.45, 2.75) is 51.3 Å². The first-order valence-electron chi connectivity index (χ1n) is 10.7. The average molecular weight is 477 g/mol. The van der Waals surface area contributed by atoms with E-state index in [1.807, 2.05) is 50.2 Å². The molecule has 6 nitrogen and oxygen atoms in total. The van der Waals surface area contributed by atoms with Crippen LogP contribution in [0.1, 0.15) is 43.5 Å². The fourth-order valence-corrected chi connectivity index (χ4v) is 4.59. The number of benzene rings is 2. The minimum absolute atomic E-state index is 0. The number of Topliss-reactive ketones (excluding diaryl/α,β-unsaturated/α-hetero) is 1. The Hall–Kier alpha value is -2.03. The lowest BCUT2D eigenvalue weighted by Crippen LogP contribution is -2.58. The van der Waals surface area contributed by atoms with Gasteiger partial charge in [0.1, 0.15) is 18.7 Å². The highest BCUT2D eigenvalue weighted by atomic mass is 32.1. The Labute approximate surface area is 203 Å². The predicted octanol–water partition coefficient (Wildman–Crippen LogP) is 3.17. The normalized spacial score (nSPS) is 20.8. The van der Waals surface area contributed by atoms with Crippen molar-refractivity contribution in [3.8, 4) is 0 Å². The van der Waals surface area contributed by atoms with Crippen LogP contribution in [0.2, 0.25) is 0 Å². The van der Waals surface area contributed by atoms with Gasteiger partial charge in [-0.05, 0) is 42.0 Å². The average Bonchev–Trinajstić information content (AvgIpc) is 3.13. The van der Waals surface area contributed by atoms with Gasteiger partial charge < -0.3 is 15.0 Å². The van der Waals surface area contributed by atoms with E-state index in [0.717, 1.165) is 23.6 Å². The first kappa shape index (κ1) is 26.2. The van der Waals surface area contributed by atoms with Crippen LogP contribution in [0.25, 0.3) is 10.8 Å². The smallest absolute Gasteiger partial charge is 0.252 e. The number of likely N-dealkylation sites (tertiary alicyclic amines) is 1. The van der Waals surface area contributed by atoms with Gasteiger partial charge in [-0.15, -0.1) is 0 Å². The van der Waals surface area contributed by atoms with Crippen molar-refractivity contribution in [1.82, 2.24) is 10.2 Å². The van der Waals surface area contributed by atoms with Gasteiger partial charge in [0.2, 0.25) is 5.91 Å². The van der Waals surface area contributed by atoms with Crippen LogP contribution in [-0.2, 0) is 14.3 Å². The first-order valence-corrected chi connectivity index (χ1v) is 10.7. The molecule has 2 saturated heterocycles. The Balaban J connectivity index is 0.00000181. The molecule has 2 aromatic carbocycles. The molecular formula is C24H32N2O4S2. The number of nitrogens with zero attached hydrogens (tertiary/aromatic N) is 1. The van der Waals surface area contributed by atoms with Gasteiger partial charge in [-0.25, -0.2) is 0 Å². The summed E-state index contributed by atoms with van der Waals surface area (Å²) in [6.07, 6.45) is 1.88. The third kappa shape index (κ3) is 5.30. The Morgan fingerprint density at radius 2 is 1.84 bits per heavy atom. The number of carbonyl (C=O) groups is 3. The largest absolute Gasteiger partial charge is 0.368 e. The Kier molecular flexibility index (Phi) is 9.18. The molecule has 2 aliphatic heterocycles. The molecular weight excluding hydrogens is 444 g/mol. The maximum atomic E-state index is 13.5. The zero-order valence-corrected chi connectivity index (χ0v) is 20.5. The molecule has 2 aliphatic rings. The molecule has 0 spiro atoms. The summed E-state index contributed by atoms with van der Waals surface area (Å²) in [6, 6.07) is 12.1. The number of ketones is 1. The molecule has 2 heterocycles. The van der Waals surface area contributed by atoms with E-state index in [2.05, 4.69) is 5.32 Å². The molecule has 32 heavy (non-hydrogen) atoms. The highest BCUT2D eigenvalue weighted by molar-refractivity contribution is 7.59. The summed E-state index contributed by atoms with van der Waals surface area (Å²) < 4.78 is 5.58. The SMILES string of the molecule is CC(C)C[C@H](NC(=O)c1cccc2ccccc12)C(=O)N1CCC[C@H]2OCC(=O)[C@H]21.S.S. The lowest BCUT2D eigenvalue weighted by Gasteiger charge is -2.37. The summed E-state index contributed by atoms with van der Waals surface area (Å²) >= 11 is 0. The number of hydrogen-bond acceptors (Lipinski definition) is 4. The standard InChI is InChI=1S/C24H28N2O4.2H2S/c1-15(2)13-19(24(29)26-12-6-11-21-22(26)20(27)14-30-21)25-23(28)18-10-5-8-16-7-3-4-9-17(16)18;;/h3-5,7-10,15,19,21-22H,6,11-14H2,1-2H3,(H,25,28);2*1H2/t19-,21+,22+;;/m0../s1. The van der Waals surface area contributed by atoms with Gasteiger partial charge in [-0.1, -0.05) is 50.2 Å². The second kappa shape index (κ2) is 11.2. The van der Waals surface area contributed by atoms with Crippen molar-refractivity contribution in [2.24, 2.45) is 5.92 Å². The van der Waals surface area contributed by atoms with E-state index < -0.39 is 12.1 Å². The number of rotatable bonds is 5. The molecule has 0 bridgehead atoms. The van der Waals surface area contributed by atoms with E-state index in [0.29, 0.717) is 18.5 Å². The number of nitrogens with one attached hydrogen (secondary N) is 1. The van der Waals surface area contributed by atoms with Crippen LogP contribution in [0.15, 0.2) is 42.5 Å². The monoisotopic (exact) mass is 476 g/mol. The Bertz CT molecular complexity index is 976. The molecule has 1 N–H and O–H groups in total. The van der Waals surface area contributed by atoms with E-state index in [9.17, 15) is 14.4 Å². The van der Waals surface area contributed by atoms with Crippen molar-refractivity contribution in [1.29, 1.82) is 0 Å². The van der Waals surface area contributed by atoms with Crippen molar-refractivity contribution in [3.05, 3.63) is 48.0 Å². The number of ether oxygens (including phenoxy) is 1. The number of amides is 2. The topological polar surface area (TPSA) is 75.7 Å². The Morgan fingerprint density at radius 3 is 2.59 bits per heavy atom. The molecule has 3 atom stereocenters. The molecule has 0 radical (unpaired) electrons. The van der Waals surface area contributed by atoms with Gasteiger partial charge in [0.25, 0.3) is 5.91 Å². The lowest BCUT2D eigenvalue weighted by atomic mass is 9.94. The van der Waals surface area contributed by atoms with Crippen molar-refractivity contribution >= 4 is 55.4 Å². The molecule has 174 valence electrons. The summed E-state index contributed by atoms with van der Waals surface area (Å²) in [5.41, 5.74) is 0.548. The quantitative estimate of drug-likeness (QED) is 0.719. The van der Waals surface area contributed by atoms with Crippen molar-refractivity contribution < 1.29 is 19.1 Å². The second-order valence-electron chi connectivity index (χ2n) is 8.62. The van der Waals surface area contributed by atoms with Crippen LogP contribution < -0.4 is 5.32 Å². The maximum absolute atomic E-state index is 13.5. The van der Waals surface area contributed by atoms with Crippen LogP contribution >= 0.6 is 27.0 Å². The summed E-state index contributed by atoms with van der Waals surface area (Å²) in [5.74, 6) is -0.293. The van der Waals surface area contributed by atoms with Gasteiger partial charge >= 0.3 is 0 Å². The van der Waals surface area contributed by atoms with E-state index in [1.54, 1.807) is 11.0 Å². The van der Waals surface area contributed by atoms with Crippen LogP contribution in [0.3, 0.4) is 0 Å². The number of fused-ring (bicyclic) bond motifs is 2. The molecule has 8 heteroatoms. The second-order valence-corrected chi connectivity index (χ2v) is 8.62. The summed E-state index contributed by atoms with van der Waals surface area (Å²) in [5, 5.41) is 4.80. The van der Waals surface area contributed by atoms with Gasteiger partial charge in [0.15, 0.2) is 5.78 Å². The Morgan fingerprint density at radius 1 is 1.12 bits per heavy atom.